The molecule has 6 rings (SSSR count). The summed E-state index contributed by atoms with van der Waals surface area (Å²) in [4.78, 5) is 59.5. The third kappa shape index (κ3) is 5.93. The monoisotopic (exact) mass is 732 g/mol. The van der Waals surface area contributed by atoms with E-state index in [-0.39, 0.29) is 44.7 Å². The molecular weight excluding hydrogens is 704 g/mol. The molecule has 1 aromatic heterocycles. The van der Waals surface area contributed by atoms with Gasteiger partial charge < -0.3 is 9.47 Å². The lowest BCUT2D eigenvalue weighted by Gasteiger charge is -2.29. The molecule has 1 saturated carbocycles. The highest BCUT2D eigenvalue weighted by Gasteiger charge is 2.52. The van der Waals surface area contributed by atoms with Gasteiger partial charge in [-0.1, -0.05) is 55.6 Å². The summed E-state index contributed by atoms with van der Waals surface area (Å²) in [5.41, 5.74) is 3.91. The normalized spacial score (nSPS) is 21.8. The van der Waals surface area contributed by atoms with E-state index < -0.39 is 12.1 Å². The van der Waals surface area contributed by atoms with Crippen LogP contribution in [0.25, 0.3) is 22.2 Å². The molecule has 0 bridgehead atoms. The number of methoxy groups -OCH3 is 1. The fourth-order valence-corrected chi connectivity index (χ4v) is 7.29. The van der Waals surface area contributed by atoms with Crippen LogP contribution in [0.3, 0.4) is 0 Å². The number of pyridine rings is 1. The number of nitrogens with zero attached hydrogens (tertiary/aromatic N) is 2. The average Bonchev–Trinajstić information content (AvgIpc) is 3.28. The molecule has 1 saturated heterocycles. The maximum absolute atomic E-state index is 13.6. The van der Waals surface area contributed by atoms with Gasteiger partial charge in [0.15, 0.2) is 6.10 Å². The number of ketones is 1. The van der Waals surface area contributed by atoms with Crippen LogP contribution in [0.15, 0.2) is 72.8 Å². The van der Waals surface area contributed by atoms with Crippen LogP contribution in [0.2, 0.25) is 0 Å². The number of halogens is 2. The molecule has 1 aliphatic carbocycles. The lowest BCUT2D eigenvalue weighted by molar-refractivity contribution is -0.122. The summed E-state index contributed by atoms with van der Waals surface area (Å²) in [7, 11) is 1.54. The molecule has 2 heterocycles. The van der Waals surface area contributed by atoms with E-state index in [1.807, 2.05) is 25.1 Å². The molecule has 1 aliphatic heterocycles. The van der Waals surface area contributed by atoms with Crippen molar-refractivity contribution in [3.63, 3.8) is 0 Å². The molecule has 2 amide bonds. The van der Waals surface area contributed by atoms with E-state index in [0.717, 1.165) is 5.56 Å². The molecule has 230 valence electrons. The first-order valence-corrected chi connectivity index (χ1v) is 16.5. The maximum atomic E-state index is 13.6. The number of alkyl halides is 2. The number of hydrogen-bond donors (Lipinski definition) is 0. The molecule has 5 atom stereocenters. The van der Waals surface area contributed by atoms with Crippen molar-refractivity contribution in [2.24, 2.45) is 11.8 Å². The van der Waals surface area contributed by atoms with Crippen LogP contribution in [0.5, 0.6) is 5.75 Å². The van der Waals surface area contributed by atoms with Crippen LogP contribution in [-0.4, -0.2) is 51.4 Å². The van der Waals surface area contributed by atoms with Gasteiger partial charge in [0.25, 0.3) is 0 Å². The number of aryl methyl sites for hydroxylation is 1. The fraction of sp³-hybridized carbons (Fsp3) is 0.286. The first-order valence-electron chi connectivity index (χ1n) is 14.6. The number of benzene rings is 3. The fourth-order valence-electron chi connectivity index (χ4n) is 6.05. The lowest BCUT2D eigenvalue weighted by Crippen LogP contribution is -2.34. The molecule has 2 aliphatic rings. The van der Waals surface area contributed by atoms with Crippen molar-refractivity contribution in [1.29, 1.82) is 0 Å². The number of Topliss-reactive ketones (excluding diaryl/α,β-unsaturated/α-hetero) is 1. The van der Waals surface area contributed by atoms with Crippen LogP contribution in [0, 0.1) is 18.8 Å². The van der Waals surface area contributed by atoms with Crippen LogP contribution in [-0.2, 0) is 14.3 Å². The highest BCUT2D eigenvalue weighted by molar-refractivity contribution is 9.12. The highest BCUT2D eigenvalue weighted by atomic mass is 79.9. The lowest BCUT2D eigenvalue weighted by atomic mass is 9.81. The van der Waals surface area contributed by atoms with Gasteiger partial charge in [0.1, 0.15) is 5.75 Å². The Morgan fingerprint density at radius 3 is 2.11 bits per heavy atom. The molecule has 0 spiro atoms. The number of anilines is 1. The zero-order chi connectivity index (χ0) is 32.0. The van der Waals surface area contributed by atoms with E-state index in [1.54, 1.807) is 68.6 Å². The van der Waals surface area contributed by atoms with Gasteiger partial charge in [-0.3, -0.25) is 19.3 Å². The Hall–Kier alpha value is -3.89. The SMILES string of the molecule is COc1ccc(C(=O)C(C)OC(=O)c2cc(-c3ccc(N4C(=O)C5CC(Br)C(Br)CC5C4=O)cc3)nc3ccc(C)cc23)cc1. The number of fused-ring (bicyclic) bond motifs is 2. The minimum atomic E-state index is -1.03. The number of amides is 2. The van der Waals surface area contributed by atoms with Crippen molar-refractivity contribution < 1.29 is 28.7 Å². The van der Waals surface area contributed by atoms with Crippen LogP contribution >= 0.6 is 31.9 Å². The Bertz CT molecular complexity index is 1800. The van der Waals surface area contributed by atoms with Crippen molar-refractivity contribution in [3.8, 4) is 17.0 Å². The largest absolute Gasteiger partial charge is 0.497 e. The molecule has 45 heavy (non-hydrogen) atoms. The molecule has 4 aromatic rings. The summed E-state index contributed by atoms with van der Waals surface area (Å²) in [6.45, 7) is 3.47. The van der Waals surface area contributed by atoms with Crippen molar-refractivity contribution >= 4 is 72.0 Å². The first-order chi connectivity index (χ1) is 21.5. The van der Waals surface area contributed by atoms with E-state index in [0.29, 0.717) is 52.0 Å². The second-order valence-electron chi connectivity index (χ2n) is 11.5. The number of imide groups is 1. The van der Waals surface area contributed by atoms with Gasteiger partial charge in [0.05, 0.1) is 41.4 Å². The van der Waals surface area contributed by atoms with E-state index in [4.69, 9.17) is 14.5 Å². The molecule has 8 nitrogen and oxygen atoms in total. The van der Waals surface area contributed by atoms with E-state index in [2.05, 4.69) is 31.9 Å². The number of carbonyl (C=O) groups is 4. The quantitative estimate of drug-likeness (QED) is 0.0867. The zero-order valence-electron chi connectivity index (χ0n) is 24.8. The summed E-state index contributed by atoms with van der Waals surface area (Å²) in [6.07, 6.45) is 0.174. The Morgan fingerprint density at radius 2 is 1.51 bits per heavy atom. The predicted octanol–water partition coefficient (Wildman–Crippen LogP) is 7.07. The Morgan fingerprint density at radius 1 is 0.889 bits per heavy atom. The van der Waals surface area contributed by atoms with Crippen molar-refractivity contribution in [3.05, 3.63) is 89.5 Å². The zero-order valence-corrected chi connectivity index (χ0v) is 28.0. The van der Waals surface area contributed by atoms with Crippen molar-refractivity contribution in [1.82, 2.24) is 4.98 Å². The summed E-state index contributed by atoms with van der Waals surface area (Å²) in [5, 5.41) is 0.607. The van der Waals surface area contributed by atoms with E-state index in [1.165, 1.54) is 4.90 Å². The number of esters is 1. The third-order valence-corrected chi connectivity index (χ3v) is 11.3. The van der Waals surface area contributed by atoms with Crippen LogP contribution < -0.4 is 9.64 Å². The van der Waals surface area contributed by atoms with Gasteiger partial charge >= 0.3 is 5.97 Å². The Balaban J connectivity index is 1.28. The van der Waals surface area contributed by atoms with E-state index >= 15 is 0 Å². The van der Waals surface area contributed by atoms with Crippen LogP contribution in [0.4, 0.5) is 5.69 Å². The van der Waals surface area contributed by atoms with Crippen molar-refractivity contribution in [2.45, 2.75) is 42.4 Å². The minimum absolute atomic E-state index is 0.130. The van der Waals surface area contributed by atoms with Gasteiger partial charge in [0, 0.05) is 26.2 Å². The minimum Gasteiger partial charge on any atom is -0.497 e. The number of rotatable bonds is 7. The average molecular weight is 734 g/mol. The Kier molecular flexibility index (Phi) is 8.63. The molecule has 10 heteroatoms. The first kappa shape index (κ1) is 31.1. The van der Waals surface area contributed by atoms with Gasteiger partial charge in [0.2, 0.25) is 17.6 Å². The summed E-state index contributed by atoms with van der Waals surface area (Å²) in [6, 6.07) is 20.9. The number of carbonyl (C=O) groups excluding carboxylic acids is 4. The predicted molar refractivity (Wildman–Crippen MR) is 178 cm³/mol. The Labute approximate surface area is 277 Å². The smallest absolute Gasteiger partial charge is 0.339 e. The standard InChI is InChI=1S/C35H30Br2N2O6/c1-18-4-13-30-24(14-18)27(35(43)45-19(2)32(40)21-7-11-23(44-3)12-8-21)17-31(38-30)20-5-9-22(10-6-20)39-33(41)25-15-28(36)29(37)16-26(25)34(39)42/h4-14,17,19,25-26,28-29H,15-16H2,1-3H3. The second kappa shape index (κ2) is 12.5. The van der Waals surface area contributed by atoms with E-state index in [9.17, 15) is 19.2 Å². The topological polar surface area (TPSA) is 103 Å². The van der Waals surface area contributed by atoms with Gasteiger partial charge in [-0.05, 0) is 81.3 Å². The van der Waals surface area contributed by atoms with Gasteiger partial charge in [-0.25, -0.2) is 9.78 Å². The molecule has 2 fully saturated rings. The molecule has 0 N–H and O–H groups in total. The van der Waals surface area contributed by atoms with Gasteiger partial charge in [-0.2, -0.15) is 0 Å². The molecule has 0 radical (unpaired) electrons. The summed E-state index contributed by atoms with van der Waals surface area (Å²) >= 11 is 7.26. The summed E-state index contributed by atoms with van der Waals surface area (Å²) in [5.74, 6) is -1.39. The number of ether oxygens (including phenoxy) is 2. The van der Waals surface area contributed by atoms with Gasteiger partial charge in [-0.15, -0.1) is 0 Å². The van der Waals surface area contributed by atoms with Crippen LogP contribution in [0.1, 0.15) is 46.0 Å². The maximum Gasteiger partial charge on any atom is 0.339 e. The van der Waals surface area contributed by atoms with Crippen molar-refractivity contribution in [2.75, 3.05) is 12.0 Å². The number of hydrogen-bond acceptors (Lipinski definition) is 7. The second-order valence-corrected chi connectivity index (χ2v) is 13.8. The summed E-state index contributed by atoms with van der Waals surface area (Å²) < 4.78 is 10.8. The highest BCUT2D eigenvalue weighted by Crippen LogP contribution is 2.44. The molecule has 3 aromatic carbocycles. The molecular formula is C35H30Br2N2O6. The molecule has 5 unspecified atom stereocenters. The number of aromatic nitrogens is 1. The third-order valence-electron chi connectivity index (χ3n) is 8.54.